The number of ether oxygens (including phenoxy) is 2. The molecule has 1 aromatic rings. The molecule has 132 valence electrons. The molecule has 24 heavy (non-hydrogen) atoms. The minimum atomic E-state index is -0.841. The van der Waals surface area contributed by atoms with E-state index in [4.69, 9.17) is 9.47 Å². The summed E-state index contributed by atoms with van der Waals surface area (Å²) in [5.41, 5.74) is 0.319. The van der Waals surface area contributed by atoms with Gasteiger partial charge in [-0.1, -0.05) is 38.8 Å². The van der Waals surface area contributed by atoms with E-state index in [1.54, 1.807) is 31.2 Å². The molecule has 0 radical (unpaired) electrons. The van der Waals surface area contributed by atoms with Crippen LogP contribution >= 0.6 is 0 Å². The highest BCUT2D eigenvalue weighted by Gasteiger charge is 2.30. The Bertz CT molecular complexity index is 586. The predicted octanol–water partition coefficient (Wildman–Crippen LogP) is 3.18. The molecule has 0 unspecified atom stereocenters. The topological polar surface area (TPSA) is 64.6 Å². The maximum Gasteiger partial charge on any atom is 0.342 e. The van der Waals surface area contributed by atoms with Crippen LogP contribution in [0.5, 0.6) is 5.75 Å². The van der Waals surface area contributed by atoms with E-state index in [-0.39, 0.29) is 11.9 Å². The number of benzene rings is 1. The van der Waals surface area contributed by atoms with Crippen LogP contribution in [-0.4, -0.2) is 31.1 Å². The van der Waals surface area contributed by atoms with Crippen LogP contribution in [0.1, 0.15) is 50.4 Å². The van der Waals surface area contributed by atoms with E-state index in [1.165, 1.54) is 13.5 Å². The monoisotopic (exact) mass is 333 g/mol. The van der Waals surface area contributed by atoms with Crippen molar-refractivity contribution in [1.82, 2.24) is 5.32 Å². The lowest BCUT2D eigenvalue weighted by Crippen LogP contribution is -2.47. The Kier molecular flexibility index (Phi) is 6.23. The number of carbonyl (C=O) groups is 2. The number of amides is 1. The number of carbonyl (C=O) groups excluding carboxylic acids is 2. The average molecular weight is 333 g/mol. The molecule has 0 bridgehead atoms. The summed E-state index contributed by atoms with van der Waals surface area (Å²) in [6.07, 6.45) is 2.45. The molecule has 1 aliphatic rings. The molecule has 4 atom stereocenters. The first-order valence-corrected chi connectivity index (χ1v) is 8.58. The maximum atomic E-state index is 12.4. The number of rotatable bonds is 5. The second-order valence-electron chi connectivity index (χ2n) is 6.63. The number of methoxy groups -OCH3 is 1. The first kappa shape index (κ1) is 18.3. The van der Waals surface area contributed by atoms with Gasteiger partial charge in [0.05, 0.1) is 7.11 Å². The van der Waals surface area contributed by atoms with Crippen LogP contribution in [0.25, 0.3) is 0 Å². The van der Waals surface area contributed by atoms with Gasteiger partial charge in [-0.2, -0.15) is 0 Å². The molecule has 0 spiro atoms. The molecule has 0 heterocycles. The van der Waals surface area contributed by atoms with Crippen LogP contribution in [0.4, 0.5) is 0 Å². The smallest absolute Gasteiger partial charge is 0.342 e. The zero-order chi connectivity index (χ0) is 17.7. The number of nitrogens with one attached hydrogen (secondary N) is 1. The Morgan fingerprint density at radius 3 is 2.62 bits per heavy atom. The van der Waals surface area contributed by atoms with Crippen molar-refractivity contribution >= 4 is 11.9 Å². The summed E-state index contributed by atoms with van der Waals surface area (Å²) in [4.78, 5) is 24.6. The van der Waals surface area contributed by atoms with Gasteiger partial charge in [0.15, 0.2) is 6.10 Å². The van der Waals surface area contributed by atoms with Crippen LogP contribution in [-0.2, 0) is 9.53 Å². The summed E-state index contributed by atoms with van der Waals surface area (Å²) in [5.74, 6) is 0.657. The Morgan fingerprint density at radius 2 is 1.92 bits per heavy atom. The average Bonchev–Trinajstić information content (AvgIpc) is 2.58. The number of hydrogen-bond acceptors (Lipinski definition) is 4. The molecule has 0 aliphatic heterocycles. The Hall–Kier alpha value is -2.04. The van der Waals surface area contributed by atoms with Gasteiger partial charge in [0.25, 0.3) is 5.91 Å². The highest BCUT2D eigenvalue weighted by atomic mass is 16.5. The van der Waals surface area contributed by atoms with Crippen LogP contribution < -0.4 is 10.1 Å². The van der Waals surface area contributed by atoms with E-state index in [1.807, 2.05) is 0 Å². The third kappa shape index (κ3) is 4.28. The van der Waals surface area contributed by atoms with Crippen LogP contribution in [0.3, 0.4) is 0 Å². The maximum absolute atomic E-state index is 12.4. The molecular weight excluding hydrogens is 306 g/mol. The van der Waals surface area contributed by atoms with Crippen molar-refractivity contribution in [1.29, 1.82) is 0 Å². The van der Waals surface area contributed by atoms with Crippen LogP contribution in [0.2, 0.25) is 0 Å². The van der Waals surface area contributed by atoms with Crippen molar-refractivity contribution in [2.45, 2.75) is 52.2 Å². The van der Waals surface area contributed by atoms with Crippen molar-refractivity contribution in [3.63, 3.8) is 0 Å². The first-order valence-electron chi connectivity index (χ1n) is 8.58. The fourth-order valence-corrected chi connectivity index (χ4v) is 3.18. The zero-order valence-electron chi connectivity index (χ0n) is 14.9. The zero-order valence-corrected chi connectivity index (χ0v) is 14.9. The van der Waals surface area contributed by atoms with Crippen molar-refractivity contribution < 1.29 is 19.1 Å². The van der Waals surface area contributed by atoms with Crippen molar-refractivity contribution in [2.24, 2.45) is 11.8 Å². The van der Waals surface area contributed by atoms with E-state index in [0.29, 0.717) is 23.1 Å². The van der Waals surface area contributed by atoms with Gasteiger partial charge in [-0.25, -0.2) is 4.79 Å². The predicted molar refractivity (Wildman–Crippen MR) is 92.0 cm³/mol. The molecule has 1 aromatic carbocycles. The van der Waals surface area contributed by atoms with Gasteiger partial charge in [0, 0.05) is 6.04 Å². The fourth-order valence-electron chi connectivity index (χ4n) is 3.18. The van der Waals surface area contributed by atoms with Crippen LogP contribution in [0.15, 0.2) is 24.3 Å². The SMILES string of the molecule is COc1ccccc1C(=O)O[C@H](C)C(=O)N[C@@H]1CCC[C@H](C)[C@H]1C. The Morgan fingerprint density at radius 1 is 1.21 bits per heavy atom. The lowest BCUT2D eigenvalue weighted by atomic mass is 9.78. The van der Waals surface area contributed by atoms with Gasteiger partial charge >= 0.3 is 5.97 Å². The third-order valence-corrected chi connectivity index (χ3v) is 5.01. The Labute approximate surface area is 143 Å². The summed E-state index contributed by atoms with van der Waals surface area (Å²) in [5, 5.41) is 3.04. The van der Waals surface area contributed by atoms with Gasteiger partial charge in [0.2, 0.25) is 0 Å². The third-order valence-electron chi connectivity index (χ3n) is 5.01. The van der Waals surface area contributed by atoms with Gasteiger partial charge in [-0.3, -0.25) is 4.79 Å². The lowest BCUT2D eigenvalue weighted by Gasteiger charge is -2.35. The van der Waals surface area contributed by atoms with Crippen molar-refractivity contribution in [3.8, 4) is 5.75 Å². The summed E-state index contributed by atoms with van der Waals surface area (Å²) < 4.78 is 10.5. The highest BCUT2D eigenvalue weighted by molar-refractivity contribution is 5.94. The second kappa shape index (κ2) is 8.18. The van der Waals surface area contributed by atoms with Crippen molar-refractivity contribution in [3.05, 3.63) is 29.8 Å². The molecule has 2 rings (SSSR count). The summed E-state index contributed by atoms with van der Waals surface area (Å²) in [6.45, 7) is 5.98. The standard InChI is InChI=1S/C19H27NO4/c1-12-8-7-10-16(13(12)2)20-18(21)14(3)24-19(22)15-9-5-6-11-17(15)23-4/h5-6,9,11-14,16H,7-8,10H2,1-4H3,(H,20,21)/t12-,13+,14+,16+/m0/s1. The molecule has 0 aromatic heterocycles. The fraction of sp³-hybridized carbons (Fsp3) is 0.579. The lowest BCUT2D eigenvalue weighted by molar-refractivity contribution is -0.130. The highest BCUT2D eigenvalue weighted by Crippen LogP contribution is 2.29. The largest absolute Gasteiger partial charge is 0.496 e. The summed E-state index contributed by atoms with van der Waals surface area (Å²) in [7, 11) is 1.49. The normalized spacial score (nSPS) is 24.8. The molecule has 1 aliphatic carbocycles. The van der Waals surface area contributed by atoms with Gasteiger partial charge in [-0.05, 0) is 37.3 Å². The minimum Gasteiger partial charge on any atom is -0.496 e. The first-order chi connectivity index (χ1) is 11.4. The molecule has 1 saturated carbocycles. The van der Waals surface area contributed by atoms with E-state index < -0.39 is 12.1 Å². The number of esters is 1. The quantitative estimate of drug-likeness (QED) is 0.841. The molecule has 5 heteroatoms. The van der Waals surface area contributed by atoms with Crippen molar-refractivity contribution in [2.75, 3.05) is 7.11 Å². The molecule has 5 nitrogen and oxygen atoms in total. The minimum absolute atomic E-state index is 0.147. The number of para-hydroxylation sites is 1. The van der Waals surface area contributed by atoms with E-state index in [9.17, 15) is 9.59 Å². The van der Waals surface area contributed by atoms with Crippen LogP contribution in [0, 0.1) is 11.8 Å². The summed E-state index contributed by atoms with van der Waals surface area (Å²) in [6, 6.07) is 6.96. The molecule has 1 amide bonds. The van der Waals surface area contributed by atoms with E-state index >= 15 is 0 Å². The van der Waals surface area contributed by atoms with E-state index in [2.05, 4.69) is 19.2 Å². The van der Waals surface area contributed by atoms with Gasteiger partial charge in [0.1, 0.15) is 11.3 Å². The molecular formula is C19H27NO4. The Balaban J connectivity index is 1.95. The summed E-state index contributed by atoms with van der Waals surface area (Å²) >= 11 is 0. The molecule has 1 N–H and O–H groups in total. The number of hydrogen-bond donors (Lipinski definition) is 1. The van der Waals surface area contributed by atoms with Gasteiger partial charge < -0.3 is 14.8 Å². The van der Waals surface area contributed by atoms with Gasteiger partial charge in [-0.15, -0.1) is 0 Å². The molecule has 0 saturated heterocycles. The molecule has 1 fully saturated rings. The van der Waals surface area contributed by atoms with E-state index in [0.717, 1.165) is 12.8 Å². The second-order valence-corrected chi connectivity index (χ2v) is 6.63.